The first-order valence-electron chi connectivity index (χ1n) is 7.87. The van der Waals surface area contributed by atoms with E-state index < -0.39 is 0 Å². The van der Waals surface area contributed by atoms with Crippen molar-refractivity contribution in [2.24, 2.45) is 0 Å². The Balaban J connectivity index is 1.68. The number of anilines is 2. The lowest BCUT2D eigenvalue weighted by atomic mass is 10.2. The molecule has 0 fully saturated rings. The van der Waals surface area contributed by atoms with Gasteiger partial charge in [-0.1, -0.05) is 59.6 Å². The van der Waals surface area contributed by atoms with Gasteiger partial charge in [-0.05, 0) is 17.7 Å². The molecule has 132 valence electrons. The van der Waals surface area contributed by atoms with Gasteiger partial charge < -0.3 is 10.2 Å². The van der Waals surface area contributed by atoms with E-state index in [0.29, 0.717) is 28.1 Å². The summed E-state index contributed by atoms with van der Waals surface area (Å²) in [5, 5.41) is 3.88. The molecule has 0 aliphatic heterocycles. The Morgan fingerprint density at radius 3 is 2.50 bits per heavy atom. The molecule has 5 nitrogen and oxygen atoms in total. The fourth-order valence-corrected chi connectivity index (χ4v) is 2.71. The lowest BCUT2D eigenvalue weighted by Crippen LogP contribution is -2.27. The van der Waals surface area contributed by atoms with E-state index in [0.717, 1.165) is 5.56 Å². The van der Waals surface area contributed by atoms with E-state index in [4.69, 9.17) is 23.2 Å². The second-order valence-corrected chi connectivity index (χ2v) is 6.45. The fourth-order valence-electron chi connectivity index (χ4n) is 2.37. The third-order valence-electron chi connectivity index (χ3n) is 3.69. The topological polar surface area (TPSA) is 58.1 Å². The van der Waals surface area contributed by atoms with Crippen LogP contribution in [0.1, 0.15) is 16.1 Å². The van der Waals surface area contributed by atoms with Crippen LogP contribution in [0.25, 0.3) is 0 Å². The molecule has 0 bridgehead atoms. The SMILES string of the molecule is CN(Cc1ccccc1)C(=O)c1cnc(Nc2cccc(Cl)c2Cl)cn1. The Morgan fingerprint density at radius 2 is 1.81 bits per heavy atom. The van der Waals surface area contributed by atoms with Crippen molar-refractivity contribution in [2.75, 3.05) is 12.4 Å². The van der Waals surface area contributed by atoms with E-state index in [1.165, 1.54) is 12.4 Å². The number of rotatable bonds is 5. The highest BCUT2D eigenvalue weighted by Crippen LogP contribution is 2.31. The molecule has 1 amide bonds. The van der Waals surface area contributed by atoms with Gasteiger partial charge in [0, 0.05) is 13.6 Å². The second kappa shape index (κ2) is 8.17. The number of carbonyl (C=O) groups is 1. The summed E-state index contributed by atoms with van der Waals surface area (Å²) in [7, 11) is 1.73. The summed E-state index contributed by atoms with van der Waals surface area (Å²) >= 11 is 12.1. The maximum absolute atomic E-state index is 12.5. The summed E-state index contributed by atoms with van der Waals surface area (Å²) in [5.74, 6) is 0.269. The minimum absolute atomic E-state index is 0.200. The van der Waals surface area contributed by atoms with Crippen molar-refractivity contribution in [3.63, 3.8) is 0 Å². The maximum Gasteiger partial charge on any atom is 0.274 e. The highest BCUT2D eigenvalue weighted by Gasteiger charge is 2.14. The van der Waals surface area contributed by atoms with E-state index in [9.17, 15) is 4.79 Å². The van der Waals surface area contributed by atoms with Crippen LogP contribution in [0.5, 0.6) is 0 Å². The molecule has 0 saturated heterocycles. The third-order valence-corrected chi connectivity index (χ3v) is 4.51. The van der Waals surface area contributed by atoms with Gasteiger partial charge in [0.2, 0.25) is 0 Å². The predicted octanol–water partition coefficient (Wildman–Crippen LogP) is 4.80. The predicted molar refractivity (Wildman–Crippen MR) is 104 cm³/mol. The zero-order valence-corrected chi connectivity index (χ0v) is 15.5. The Bertz CT molecular complexity index is 901. The Morgan fingerprint density at radius 1 is 1.04 bits per heavy atom. The molecule has 1 N–H and O–H groups in total. The molecule has 0 unspecified atom stereocenters. The summed E-state index contributed by atoms with van der Waals surface area (Å²) < 4.78 is 0. The minimum Gasteiger partial charge on any atom is -0.338 e. The summed E-state index contributed by atoms with van der Waals surface area (Å²) in [6.07, 6.45) is 2.92. The first-order chi connectivity index (χ1) is 12.5. The van der Waals surface area contributed by atoms with E-state index in [1.807, 2.05) is 30.3 Å². The number of carbonyl (C=O) groups excluding carboxylic acids is 1. The fraction of sp³-hybridized carbons (Fsp3) is 0.105. The number of nitrogens with zero attached hydrogens (tertiary/aromatic N) is 3. The van der Waals surface area contributed by atoms with Gasteiger partial charge >= 0.3 is 0 Å². The Kier molecular flexibility index (Phi) is 5.71. The molecule has 0 atom stereocenters. The van der Waals surface area contributed by atoms with Gasteiger partial charge in [0.05, 0.1) is 28.1 Å². The van der Waals surface area contributed by atoms with E-state index in [-0.39, 0.29) is 11.6 Å². The number of benzene rings is 2. The lowest BCUT2D eigenvalue weighted by Gasteiger charge is -2.16. The van der Waals surface area contributed by atoms with Crippen molar-refractivity contribution >= 4 is 40.6 Å². The van der Waals surface area contributed by atoms with Crippen LogP contribution in [0.3, 0.4) is 0 Å². The molecule has 1 aromatic heterocycles. The van der Waals surface area contributed by atoms with Crippen LogP contribution in [0.4, 0.5) is 11.5 Å². The minimum atomic E-state index is -0.200. The Hall–Kier alpha value is -2.63. The standard InChI is InChI=1S/C19H16Cl2N4O/c1-25(12-13-6-3-2-4-7-13)19(26)16-10-23-17(11-22-16)24-15-9-5-8-14(20)18(15)21/h2-11H,12H2,1H3,(H,23,24). The molecule has 0 aliphatic rings. The van der Waals surface area contributed by atoms with Gasteiger partial charge in [-0.25, -0.2) is 9.97 Å². The van der Waals surface area contributed by atoms with Gasteiger partial charge in [-0.3, -0.25) is 4.79 Å². The normalized spacial score (nSPS) is 10.4. The first kappa shape index (κ1) is 18.2. The number of halogens is 2. The zero-order chi connectivity index (χ0) is 18.5. The van der Waals surface area contributed by atoms with Gasteiger partial charge in [-0.2, -0.15) is 0 Å². The molecule has 3 rings (SSSR count). The van der Waals surface area contributed by atoms with Crippen molar-refractivity contribution in [3.05, 3.63) is 82.2 Å². The van der Waals surface area contributed by atoms with Crippen molar-refractivity contribution in [2.45, 2.75) is 6.54 Å². The lowest BCUT2D eigenvalue weighted by molar-refractivity contribution is 0.0779. The van der Waals surface area contributed by atoms with E-state index >= 15 is 0 Å². The van der Waals surface area contributed by atoms with Crippen LogP contribution in [-0.2, 0) is 6.54 Å². The maximum atomic E-state index is 12.5. The molecule has 2 aromatic carbocycles. The highest BCUT2D eigenvalue weighted by molar-refractivity contribution is 6.43. The molecular weight excluding hydrogens is 371 g/mol. The monoisotopic (exact) mass is 386 g/mol. The second-order valence-electron chi connectivity index (χ2n) is 5.66. The van der Waals surface area contributed by atoms with Crippen molar-refractivity contribution in [3.8, 4) is 0 Å². The van der Waals surface area contributed by atoms with E-state index in [1.54, 1.807) is 30.1 Å². The Labute approximate surface area is 161 Å². The van der Waals surface area contributed by atoms with E-state index in [2.05, 4.69) is 15.3 Å². The quantitative estimate of drug-likeness (QED) is 0.683. The van der Waals surface area contributed by atoms with Crippen molar-refractivity contribution < 1.29 is 4.79 Å². The number of amides is 1. The van der Waals surface area contributed by atoms with Crippen LogP contribution >= 0.6 is 23.2 Å². The number of aromatic nitrogens is 2. The average Bonchev–Trinajstić information content (AvgIpc) is 2.66. The van der Waals surface area contributed by atoms with Crippen molar-refractivity contribution in [1.29, 1.82) is 0 Å². The molecule has 0 spiro atoms. The number of nitrogens with one attached hydrogen (secondary N) is 1. The smallest absolute Gasteiger partial charge is 0.274 e. The first-order valence-corrected chi connectivity index (χ1v) is 8.62. The molecule has 0 aliphatic carbocycles. The molecule has 0 saturated carbocycles. The molecule has 7 heteroatoms. The molecule has 1 heterocycles. The van der Waals surface area contributed by atoms with Gasteiger partial charge in [0.1, 0.15) is 11.5 Å². The summed E-state index contributed by atoms with van der Waals surface area (Å²) in [5.41, 5.74) is 1.94. The molecule has 0 radical (unpaired) electrons. The number of hydrogen-bond acceptors (Lipinski definition) is 4. The third kappa shape index (κ3) is 4.31. The molecular formula is C19H16Cl2N4O. The van der Waals surface area contributed by atoms with Crippen LogP contribution in [-0.4, -0.2) is 27.8 Å². The molecule has 3 aromatic rings. The van der Waals surface area contributed by atoms with Crippen molar-refractivity contribution in [1.82, 2.24) is 14.9 Å². The number of hydrogen-bond donors (Lipinski definition) is 1. The van der Waals surface area contributed by atoms with Gasteiger partial charge in [0.25, 0.3) is 5.91 Å². The van der Waals surface area contributed by atoms with Gasteiger partial charge in [-0.15, -0.1) is 0 Å². The summed E-state index contributed by atoms with van der Waals surface area (Å²) in [4.78, 5) is 22.5. The summed E-state index contributed by atoms with van der Waals surface area (Å²) in [6.45, 7) is 0.499. The van der Waals surface area contributed by atoms with Crippen LogP contribution in [0.2, 0.25) is 10.0 Å². The highest BCUT2D eigenvalue weighted by atomic mass is 35.5. The average molecular weight is 387 g/mol. The van der Waals surface area contributed by atoms with Crippen LogP contribution in [0, 0.1) is 0 Å². The summed E-state index contributed by atoms with van der Waals surface area (Å²) in [6, 6.07) is 15.0. The van der Waals surface area contributed by atoms with Gasteiger partial charge in [0.15, 0.2) is 0 Å². The van der Waals surface area contributed by atoms with Crippen LogP contribution < -0.4 is 5.32 Å². The largest absolute Gasteiger partial charge is 0.338 e. The molecule has 26 heavy (non-hydrogen) atoms. The van der Waals surface area contributed by atoms with Crippen LogP contribution in [0.15, 0.2) is 60.9 Å². The zero-order valence-electron chi connectivity index (χ0n) is 14.0.